The molecule has 3 rings (SSSR count). The second-order valence-corrected chi connectivity index (χ2v) is 8.97. The molecule has 1 fully saturated rings. The Hall–Kier alpha value is -2.78. The summed E-state index contributed by atoms with van der Waals surface area (Å²) < 4.78 is 32.0. The lowest BCUT2D eigenvalue weighted by molar-refractivity contribution is -0.386. The Kier molecular flexibility index (Phi) is 5.99. The van der Waals surface area contributed by atoms with E-state index in [1.165, 1.54) is 16.4 Å². The zero-order valence-corrected chi connectivity index (χ0v) is 17.1. The lowest BCUT2D eigenvalue weighted by atomic mass is 10.0. The van der Waals surface area contributed by atoms with Crippen molar-refractivity contribution in [1.29, 1.82) is 0 Å². The van der Waals surface area contributed by atoms with Crippen LogP contribution in [-0.2, 0) is 10.0 Å². The fourth-order valence-electron chi connectivity index (χ4n) is 3.35. The largest absolute Gasteiger partial charge is 0.478 e. The van der Waals surface area contributed by atoms with Crippen molar-refractivity contribution in [2.24, 2.45) is 0 Å². The fraction of sp³-hybridized carbons (Fsp3) is 0.350. The molecule has 1 saturated heterocycles. The zero-order valence-electron chi connectivity index (χ0n) is 16.3. The summed E-state index contributed by atoms with van der Waals surface area (Å²) in [5, 5.41) is 11.5. The third-order valence-corrected chi connectivity index (χ3v) is 6.77. The molecular weight excluding hydrogens is 396 g/mol. The number of benzene rings is 2. The summed E-state index contributed by atoms with van der Waals surface area (Å²) >= 11 is 0. The smallest absolute Gasteiger partial charge is 0.312 e. The number of ketones is 1. The van der Waals surface area contributed by atoms with Crippen molar-refractivity contribution in [3.05, 3.63) is 63.2 Å². The lowest BCUT2D eigenvalue weighted by Crippen LogP contribution is -2.27. The third-order valence-electron chi connectivity index (χ3n) is 4.87. The number of nitro benzene ring substituents is 1. The number of aryl methyl sites for hydroxylation is 2. The molecule has 154 valence electrons. The van der Waals surface area contributed by atoms with E-state index in [4.69, 9.17) is 4.74 Å². The number of carbonyl (C=O) groups excluding carboxylic acids is 1. The van der Waals surface area contributed by atoms with Crippen molar-refractivity contribution in [3.63, 3.8) is 0 Å². The highest BCUT2D eigenvalue weighted by Crippen LogP contribution is 2.32. The van der Waals surface area contributed by atoms with E-state index in [2.05, 4.69) is 0 Å². The number of sulfonamides is 1. The van der Waals surface area contributed by atoms with Gasteiger partial charge in [-0.15, -0.1) is 0 Å². The first-order valence-corrected chi connectivity index (χ1v) is 10.7. The van der Waals surface area contributed by atoms with E-state index >= 15 is 0 Å². The molecule has 0 aromatic heterocycles. The van der Waals surface area contributed by atoms with Gasteiger partial charge in [-0.25, -0.2) is 8.42 Å². The van der Waals surface area contributed by atoms with Crippen molar-refractivity contribution in [2.45, 2.75) is 31.6 Å². The van der Waals surface area contributed by atoms with Crippen molar-refractivity contribution < 1.29 is 22.9 Å². The van der Waals surface area contributed by atoms with E-state index in [9.17, 15) is 23.3 Å². The molecule has 8 nitrogen and oxygen atoms in total. The van der Waals surface area contributed by atoms with Gasteiger partial charge in [-0.1, -0.05) is 23.8 Å². The van der Waals surface area contributed by atoms with Gasteiger partial charge in [0.25, 0.3) is 0 Å². The zero-order chi connectivity index (χ0) is 21.2. The molecule has 9 heteroatoms. The van der Waals surface area contributed by atoms with Gasteiger partial charge in [0.05, 0.1) is 9.82 Å². The number of hydrogen-bond donors (Lipinski definition) is 0. The van der Waals surface area contributed by atoms with Gasteiger partial charge in [0.15, 0.2) is 18.1 Å². The first kappa shape index (κ1) is 20.9. The number of hydrogen-bond acceptors (Lipinski definition) is 6. The first-order chi connectivity index (χ1) is 13.7. The molecule has 29 heavy (non-hydrogen) atoms. The summed E-state index contributed by atoms with van der Waals surface area (Å²) in [5.74, 6) is -0.459. The molecule has 1 aliphatic heterocycles. The van der Waals surface area contributed by atoms with E-state index in [1.807, 2.05) is 13.0 Å². The summed E-state index contributed by atoms with van der Waals surface area (Å²) in [5.41, 5.74) is 1.80. The van der Waals surface area contributed by atoms with E-state index in [0.29, 0.717) is 18.7 Å². The van der Waals surface area contributed by atoms with Gasteiger partial charge >= 0.3 is 5.69 Å². The van der Waals surface area contributed by atoms with Crippen LogP contribution in [0.25, 0.3) is 0 Å². The molecule has 0 unspecified atom stereocenters. The molecule has 0 amide bonds. The van der Waals surface area contributed by atoms with Crippen molar-refractivity contribution in [2.75, 3.05) is 19.7 Å². The quantitative estimate of drug-likeness (QED) is 0.388. The van der Waals surface area contributed by atoms with Crippen LogP contribution in [0.3, 0.4) is 0 Å². The van der Waals surface area contributed by atoms with Gasteiger partial charge in [0.2, 0.25) is 10.0 Å². The van der Waals surface area contributed by atoms with Crippen LogP contribution < -0.4 is 4.74 Å². The Labute approximate surface area is 169 Å². The normalized spacial score (nSPS) is 14.7. The third kappa shape index (κ3) is 4.46. The highest BCUT2D eigenvalue weighted by Gasteiger charge is 2.30. The average molecular weight is 418 g/mol. The predicted molar refractivity (Wildman–Crippen MR) is 107 cm³/mol. The van der Waals surface area contributed by atoms with E-state index in [-0.39, 0.29) is 23.0 Å². The molecule has 0 N–H and O–H groups in total. The van der Waals surface area contributed by atoms with Crippen molar-refractivity contribution >= 4 is 21.5 Å². The van der Waals surface area contributed by atoms with Crippen LogP contribution in [0.4, 0.5) is 5.69 Å². The molecule has 0 spiro atoms. The molecule has 0 atom stereocenters. The summed E-state index contributed by atoms with van der Waals surface area (Å²) in [4.78, 5) is 23.0. The number of nitrogens with zero attached hydrogens (tertiary/aromatic N) is 2. The maximum atomic E-state index is 12.6. The Bertz CT molecular complexity index is 1060. The van der Waals surface area contributed by atoms with Crippen molar-refractivity contribution in [1.82, 2.24) is 4.31 Å². The Morgan fingerprint density at radius 1 is 1.14 bits per heavy atom. The molecule has 1 aliphatic rings. The molecule has 0 aliphatic carbocycles. The van der Waals surface area contributed by atoms with E-state index in [0.717, 1.165) is 30.0 Å². The average Bonchev–Trinajstić information content (AvgIpc) is 3.21. The fourth-order valence-corrected chi connectivity index (χ4v) is 4.89. The molecule has 0 bridgehead atoms. The van der Waals surface area contributed by atoms with Crippen molar-refractivity contribution in [3.8, 4) is 5.75 Å². The number of carbonyl (C=O) groups is 1. The van der Waals surface area contributed by atoms with Gasteiger partial charge < -0.3 is 4.74 Å². The Morgan fingerprint density at radius 2 is 1.83 bits per heavy atom. The molecule has 0 radical (unpaired) electrons. The van der Waals surface area contributed by atoms with Gasteiger partial charge in [0.1, 0.15) is 0 Å². The minimum Gasteiger partial charge on any atom is -0.478 e. The van der Waals surface area contributed by atoms with Gasteiger partial charge in [-0.2, -0.15) is 4.31 Å². The second-order valence-electron chi connectivity index (χ2n) is 7.03. The molecular formula is C20H22N2O6S. The highest BCUT2D eigenvalue weighted by molar-refractivity contribution is 7.89. The molecule has 2 aromatic rings. The predicted octanol–water partition coefficient (Wildman–Crippen LogP) is 3.26. The lowest BCUT2D eigenvalue weighted by Gasteiger charge is -2.16. The number of nitro groups is 1. The minimum atomic E-state index is -3.79. The Morgan fingerprint density at radius 3 is 2.45 bits per heavy atom. The first-order valence-electron chi connectivity index (χ1n) is 9.22. The van der Waals surface area contributed by atoms with Gasteiger partial charge in [-0.3, -0.25) is 14.9 Å². The summed E-state index contributed by atoms with van der Waals surface area (Å²) in [6.45, 7) is 4.14. The number of Topliss-reactive ketones (excluding diaryl/α,β-unsaturated/α-hetero) is 1. The van der Waals surface area contributed by atoms with Crippen LogP contribution in [-0.4, -0.2) is 43.1 Å². The maximum Gasteiger partial charge on any atom is 0.312 e. The number of rotatable bonds is 7. The highest BCUT2D eigenvalue weighted by atomic mass is 32.2. The van der Waals surface area contributed by atoms with Gasteiger partial charge in [0, 0.05) is 24.7 Å². The molecule has 1 heterocycles. The maximum absolute atomic E-state index is 12.6. The standard InChI is InChI=1S/C20H22N2O6S/c1-14-5-7-17(15(2)11-14)19(23)13-28-20-8-6-16(12-18(20)22(24)25)29(26,27)21-9-3-4-10-21/h5-8,11-12H,3-4,9-10,13H2,1-2H3. The summed E-state index contributed by atoms with van der Waals surface area (Å²) in [6.07, 6.45) is 1.53. The summed E-state index contributed by atoms with van der Waals surface area (Å²) in [7, 11) is -3.79. The Balaban J connectivity index is 1.82. The van der Waals surface area contributed by atoms with Crippen LogP contribution in [0, 0.1) is 24.0 Å². The number of ether oxygens (including phenoxy) is 1. The molecule has 0 saturated carbocycles. The van der Waals surface area contributed by atoms with Gasteiger partial charge in [-0.05, 0) is 44.4 Å². The molecule has 2 aromatic carbocycles. The van der Waals surface area contributed by atoms with E-state index in [1.54, 1.807) is 19.1 Å². The SMILES string of the molecule is Cc1ccc(C(=O)COc2ccc(S(=O)(=O)N3CCCC3)cc2[N+](=O)[O-])c(C)c1. The van der Waals surface area contributed by atoms with Crippen LogP contribution in [0.5, 0.6) is 5.75 Å². The summed E-state index contributed by atoms with van der Waals surface area (Å²) in [6, 6.07) is 8.86. The minimum absolute atomic E-state index is 0.145. The topological polar surface area (TPSA) is 107 Å². The van der Waals surface area contributed by atoms with Crippen LogP contribution in [0.2, 0.25) is 0 Å². The van der Waals surface area contributed by atoms with Crippen LogP contribution in [0.1, 0.15) is 34.3 Å². The monoisotopic (exact) mass is 418 g/mol. The van der Waals surface area contributed by atoms with Crippen LogP contribution >= 0.6 is 0 Å². The van der Waals surface area contributed by atoms with Crippen LogP contribution in [0.15, 0.2) is 41.3 Å². The van der Waals surface area contributed by atoms with E-state index < -0.39 is 20.6 Å². The second kappa shape index (κ2) is 8.30.